The number of carbonyl (C=O) groups is 2. The van der Waals surface area contributed by atoms with E-state index in [-0.39, 0.29) is 18.9 Å². The Balaban J connectivity index is 1.41. The van der Waals surface area contributed by atoms with Crippen molar-refractivity contribution in [1.29, 1.82) is 0 Å². The van der Waals surface area contributed by atoms with E-state index < -0.39 is 5.91 Å². The maximum Gasteiger partial charge on any atom is 0.276 e. The van der Waals surface area contributed by atoms with Crippen LogP contribution in [0.25, 0.3) is 0 Å². The molecule has 0 bridgehead atoms. The molecule has 3 rings (SSSR count). The lowest BCUT2D eigenvalue weighted by Crippen LogP contribution is -2.43. The third-order valence-corrected chi connectivity index (χ3v) is 4.71. The molecule has 0 saturated heterocycles. The summed E-state index contributed by atoms with van der Waals surface area (Å²) in [6.07, 6.45) is 1.53. The lowest BCUT2D eigenvalue weighted by atomic mass is 10.0. The second-order valence-corrected chi connectivity index (χ2v) is 7.00. The number of para-hydroxylation sites is 1. The molecule has 0 saturated carbocycles. The molecule has 0 atom stereocenters. The number of ether oxygens (including phenoxy) is 2. The molecule has 0 spiro atoms. The number of rotatable bonds is 9. The third-order valence-electron chi connectivity index (χ3n) is 4.71. The van der Waals surface area contributed by atoms with Crippen molar-refractivity contribution in [2.45, 2.75) is 19.3 Å². The quantitative estimate of drug-likeness (QED) is 0.522. The third kappa shape index (κ3) is 7.19. The van der Waals surface area contributed by atoms with Crippen molar-refractivity contribution in [3.63, 3.8) is 0 Å². The minimum Gasteiger partial charge on any atom is -0.497 e. The SMILES string of the molecule is COc1ccc(CCC(=O)NNC(=O)COc2ccccc2Cc2ccccc2)cc1. The summed E-state index contributed by atoms with van der Waals surface area (Å²) in [5, 5.41) is 0. The zero-order chi connectivity index (χ0) is 21.9. The summed E-state index contributed by atoms with van der Waals surface area (Å²) < 4.78 is 10.8. The van der Waals surface area contributed by atoms with E-state index in [1.54, 1.807) is 7.11 Å². The molecular weight excluding hydrogens is 392 g/mol. The Hall–Kier alpha value is -3.80. The molecule has 0 aliphatic carbocycles. The predicted octanol–water partition coefficient (Wildman–Crippen LogP) is 3.45. The zero-order valence-corrected chi connectivity index (χ0v) is 17.5. The van der Waals surface area contributed by atoms with Crippen LogP contribution in [0.3, 0.4) is 0 Å². The van der Waals surface area contributed by atoms with Gasteiger partial charge < -0.3 is 9.47 Å². The zero-order valence-electron chi connectivity index (χ0n) is 17.5. The molecule has 6 nitrogen and oxygen atoms in total. The summed E-state index contributed by atoms with van der Waals surface area (Å²) in [5.74, 6) is 0.721. The van der Waals surface area contributed by atoms with Crippen molar-refractivity contribution in [3.05, 3.63) is 95.6 Å². The maximum absolute atomic E-state index is 12.1. The normalized spacial score (nSPS) is 10.2. The fourth-order valence-corrected chi connectivity index (χ4v) is 3.04. The molecule has 2 N–H and O–H groups in total. The number of hydrogen-bond acceptors (Lipinski definition) is 4. The molecule has 0 aromatic heterocycles. The van der Waals surface area contributed by atoms with Gasteiger partial charge in [-0.1, -0.05) is 60.7 Å². The van der Waals surface area contributed by atoms with Gasteiger partial charge in [-0.05, 0) is 41.3 Å². The predicted molar refractivity (Wildman–Crippen MR) is 119 cm³/mol. The van der Waals surface area contributed by atoms with Crippen molar-refractivity contribution in [3.8, 4) is 11.5 Å². The van der Waals surface area contributed by atoms with E-state index in [1.807, 2.05) is 78.9 Å². The molecule has 160 valence electrons. The first-order chi connectivity index (χ1) is 15.1. The number of amides is 2. The molecule has 3 aromatic carbocycles. The van der Waals surface area contributed by atoms with E-state index in [4.69, 9.17) is 9.47 Å². The van der Waals surface area contributed by atoms with Crippen LogP contribution in [0.15, 0.2) is 78.9 Å². The average molecular weight is 418 g/mol. The molecule has 0 aliphatic rings. The Bertz CT molecular complexity index is 988. The minimum absolute atomic E-state index is 0.190. The highest BCUT2D eigenvalue weighted by Gasteiger charge is 2.09. The number of methoxy groups -OCH3 is 1. The molecule has 0 aliphatic heterocycles. The molecule has 0 heterocycles. The van der Waals surface area contributed by atoms with Crippen molar-refractivity contribution in [2.24, 2.45) is 0 Å². The van der Waals surface area contributed by atoms with Crippen LogP contribution in [0, 0.1) is 0 Å². The van der Waals surface area contributed by atoms with Crippen LogP contribution in [0.2, 0.25) is 0 Å². The van der Waals surface area contributed by atoms with Gasteiger partial charge in [0.25, 0.3) is 5.91 Å². The van der Waals surface area contributed by atoms with Gasteiger partial charge in [0, 0.05) is 12.8 Å². The standard InChI is InChI=1S/C25H26N2O4/c1-30-22-14-11-19(12-15-22)13-16-24(28)26-27-25(29)18-31-23-10-6-5-9-21(23)17-20-7-3-2-4-8-20/h2-12,14-15H,13,16-18H2,1H3,(H,26,28)(H,27,29). The second kappa shape index (κ2) is 11.4. The fourth-order valence-electron chi connectivity index (χ4n) is 3.04. The summed E-state index contributed by atoms with van der Waals surface area (Å²) in [6, 6.07) is 25.2. The average Bonchev–Trinajstić information content (AvgIpc) is 2.82. The highest BCUT2D eigenvalue weighted by molar-refractivity contribution is 5.82. The summed E-state index contributed by atoms with van der Waals surface area (Å²) in [5.41, 5.74) is 7.98. The number of aryl methyl sites for hydroxylation is 1. The van der Waals surface area contributed by atoms with Crippen molar-refractivity contribution in [2.75, 3.05) is 13.7 Å². The highest BCUT2D eigenvalue weighted by Crippen LogP contribution is 2.21. The molecule has 3 aromatic rings. The summed E-state index contributed by atoms with van der Waals surface area (Å²) >= 11 is 0. The van der Waals surface area contributed by atoms with Gasteiger partial charge in [-0.2, -0.15) is 0 Å². The first-order valence-electron chi connectivity index (χ1n) is 10.1. The molecule has 0 fully saturated rings. The maximum atomic E-state index is 12.1. The van der Waals surface area contributed by atoms with E-state index in [1.165, 1.54) is 0 Å². The number of hydrogen-bond donors (Lipinski definition) is 2. The summed E-state index contributed by atoms with van der Waals surface area (Å²) in [7, 11) is 1.61. The Kier molecular flexibility index (Phi) is 8.05. The highest BCUT2D eigenvalue weighted by atomic mass is 16.5. The van der Waals surface area contributed by atoms with Crippen LogP contribution in [0.1, 0.15) is 23.1 Å². The van der Waals surface area contributed by atoms with Gasteiger partial charge in [-0.3, -0.25) is 20.4 Å². The lowest BCUT2D eigenvalue weighted by molar-refractivity contribution is -0.130. The van der Waals surface area contributed by atoms with Crippen LogP contribution in [0.4, 0.5) is 0 Å². The Morgan fingerprint density at radius 1 is 0.774 bits per heavy atom. The molecule has 6 heteroatoms. The smallest absolute Gasteiger partial charge is 0.276 e. The lowest BCUT2D eigenvalue weighted by Gasteiger charge is -2.12. The van der Waals surface area contributed by atoms with Gasteiger partial charge in [0.1, 0.15) is 11.5 Å². The summed E-state index contributed by atoms with van der Waals surface area (Å²) in [6.45, 7) is -0.190. The molecule has 0 unspecified atom stereocenters. The number of hydrazine groups is 1. The minimum atomic E-state index is -0.424. The first kappa shape index (κ1) is 21.9. The second-order valence-electron chi connectivity index (χ2n) is 7.00. The van der Waals surface area contributed by atoms with E-state index in [2.05, 4.69) is 10.9 Å². The van der Waals surface area contributed by atoms with E-state index in [0.29, 0.717) is 18.6 Å². The first-order valence-corrected chi connectivity index (χ1v) is 10.1. The van der Waals surface area contributed by atoms with Crippen molar-refractivity contribution < 1.29 is 19.1 Å². The van der Waals surface area contributed by atoms with E-state index in [0.717, 1.165) is 22.4 Å². The van der Waals surface area contributed by atoms with Gasteiger partial charge in [0.2, 0.25) is 5.91 Å². The van der Waals surface area contributed by atoms with Crippen molar-refractivity contribution in [1.82, 2.24) is 10.9 Å². The number of nitrogens with one attached hydrogen (secondary N) is 2. The van der Waals surface area contributed by atoms with Gasteiger partial charge in [0.05, 0.1) is 7.11 Å². The van der Waals surface area contributed by atoms with Gasteiger partial charge in [0.15, 0.2) is 6.61 Å². The molecule has 31 heavy (non-hydrogen) atoms. The Labute approximate surface area is 182 Å². The van der Waals surface area contributed by atoms with E-state index >= 15 is 0 Å². The molecule has 2 amide bonds. The fraction of sp³-hybridized carbons (Fsp3) is 0.200. The Morgan fingerprint density at radius 2 is 1.45 bits per heavy atom. The van der Waals surface area contributed by atoms with Gasteiger partial charge in [-0.25, -0.2) is 0 Å². The molecule has 0 radical (unpaired) electrons. The Morgan fingerprint density at radius 3 is 2.19 bits per heavy atom. The van der Waals surface area contributed by atoms with Crippen LogP contribution in [0.5, 0.6) is 11.5 Å². The van der Waals surface area contributed by atoms with Crippen LogP contribution >= 0.6 is 0 Å². The number of carbonyl (C=O) groups excluding carboxylic acids is 2. The van der Waals surface area contributed by atoms with Gasteiger partial charge >= 0.3 is 0 Å². The molecular formula is C25H26N2O4. The largest absolute Gasteiger partial charge is 0.497 e. The number of benzene rings is 3. The van der Waals surface area contributed by atoms with Crippen LogP contribution in [-0.4, -0.2) is 25.5 Å². The monoisotopic (exact) mass is 418 g/mol. The van der Waals surface area contributed by atoms with Crippen molar-refractivity contribution >= 4 is 11.8 Å². The van der Waals surface area contributed by atoms with E-state index in [9.17, 15) is 9.59 Å². The van der Waals surface area contributed by atoms with Gasteiger partial charge in [-0.15, -0.1) is 0 Å². The summed E-state index contributed by atoms with van der Waals surface area (Å²) in [4.78, 5) is 24.1. The van der Waals surface area contributed by atoms with Crippen LogP contribution in [-0.2, 0) is 22.4 Å². The van der Waals surface area contributed by atoms with Crippen LogP contribution < -0.4 is 20.3 Å². The topological polar surface area (TPSA) is 76.7 Å².